The van der Waals surface area contributed by atoms with E-state index in [0.29, 0.717) is 0 Å². The molecule has 0 bridgehead atoms. The van der Waals surface area contributed by atoms with Crippen LogP contribution in [0.5, 0.6) is 0 Å². The van der Waals surface area contributed by atoms with Crippen LogP contribution >= 0.6 is 11.8 Å². The molecule has 1 rings (SSSR count). The second kappa shape index (κ2) is 2.78. The molecule has 0 amide bonds. The van der Waals surface area contributed by atoms with E-state index in [2.05, 4.69) is 20.4 Å². The van der Waals surface area contributed by atoms with Crippen LogP contribution in [0.1, 0.15) is 20.3 Å². The molecule has 1 saturated carbocycles. The third-order valence-corrected chi connectivity index (χ3v) is 3.52. The van der Waals surface area contributed by atoms with Gasteiger partial charge in [-0.1, -0.05) is 20.4 Å². The van der Waals surface area contributed by atoms with Crippen molar-refractivity contribution in [2.45, 2.75) is 25.5 Å². The molecule has 1 aliphatic rings. The fraction of sp³-hybridized carbons (Fsp3) is 0.750. The quantitative estimate of drug-likeness (QED) is 0.571. The summed E-state index contributed by atoms with van der Waals surface area (Å²) in [6.45, 7) is 8.36. The average Bonchev–Trinajstić information content (AvgIpc) is 1.88. The molecular formula is C8H14S. The van der Waals surface area contributed by atoms with Crippen LogP contribution in [-0.4, -0.2) is 5.25 Å². The Morgan fingerprint density at radius 2 is 2.22 bits per heavy atom. The zero-order valence-electron chi connectivity index (χ0n) is 6.13. The average molecular weight is 142 g/mol. The van der Waals surface area contributed by atoms with Gasteiger partial charge >= 0.3 is 0 Å². The summed E-state index contributed by atoms with van der Waals surface area (Å²) < 4.78 is 0. The van der Waals surface area contributed by atoms with Gasteiger partial charge in [-0.2, -0.15) is 0 Å². The predicted molar refractivity (Wildman–Crippen MR) is 44.5 cm³/mol. The second-order valence-corrected chi connectivity index (χ2v) is 4.12. The fourth-order valence-corrected chi connectivity index (χ4v) is 2.45. The minimum atomic E-state index is 0.873. The Hall–Kier alpha value is 0.0900. The van der Waals surface area contributed by atoms with Crippen molar-refractivity contribution in [3.63, 3.8) is 0 Å². The Morgan fingerprint density at radius 1 is 1.56 bits per heavy atom. The van der Waals surface area contributed by atoms with E-state index < -0.39 is 0 Å². The monoisotopic (exact) mass is 142 g/mol. The largest absolute Gasteiger partial charge is 0.131 e. The molecule has 0 aromatic carbocycles. The van der Waals surface area contributed by atoms with Gasteiger partial charge in [-0.3, -0.25) is 0 Å². The highest BCUT2D eigenvalue weighted by Crippen LogP contribution is 2.42. The first-order valence-corrected chi connectivity index (χ1v) is 4.46. The third kappa shape index (κ3) is 1.32. The van der Waals surface area contributed by atoms with Gasteiger partial charge in [0.15, 0.2) is 0 Å². The van der Waals surface area contributed by atoms with Crippen LogP contribution in [0.15, 0.2) is 12.0 Å². The number of hydrogen-bond donors (Lipinski definition) is 0. The zero-order chi connectivity index (χ0) is 6.85. The van der Waals surface area contributed by atoms with Gasteiger partial charge in [-0.05, 0) is 23.7 Å². The molecule has 3 unspecified atom stereocenters. The molecule has 52 valence electrons. The molecule has 0 aromatic heterocycles. The van der Waals surface area contributed by atoms with Crippen molar-refractivity contribution in [3.8, 4) is 0 Å². The van der Waals surface area contributed by atoms with E-state index in [-0.39, 0.29) is 0 Å². The number of rotatable bonds is 2. The highest BCUT2D eigenvalue weighted by Gasteiger charge is 2.33. The van der Waals surface area contributed by atoms with Crippen LogP contribution in [0.4, 0.5) is 0 Å². The lowest BCUT2D eigenvalue weighted by molar-refractivity contribution is 0.233. The van der Waals surface area contributed by atoms with E-state index in [1.807, 2.05) is 17.2 Å². The summed E-state index contributed by atoms with van der Waals surface area (Å²) in [5.74, 6) is 1.86. The SMILES string of the molecule is C=CSC1CC(C)C1C. The van der Waals surface area contributed by atoms with Crippen LogP contribution in [0.2, 0.25) is 0 Å². The van der Waals surface area contributed by atoms with Gasteiger partial charge in [0.1, 0.15) is 0 Å². The summed E-state index contributed by atoms with van der Waals surface area (Å²) in [6, 6.07) is 0. The number of thioether (sulfide) groups is 1. The predicted octanol–water partition coefficient (Wildman–Crippen LogP) is 2.91. The van der Waals surface area contributed by atoms with Gasteiger partial charge in [0, 0.05) is 5.25 Å². The smallest absolute Gasteiger partial charge is 0.0119 e. The van der Waals surface area contributed by atoms with Crippen LogP contribution in [0.3, 0.4) is 0 Å². The molecule has 0 aliphatic heterocycles. The maximum Gasteiger partial charge on any atom is 0.0119 e. The van der Waals surface area contributed by atoms with E-state index >= 15 is 0 Å². The lowest BCUT2D eigenvalue weighted by Crippen LogP contribution is -2.34. The second-order valence-electron chi connectivity index (χ2n) is 2.91. The van der Waals surface area contributed by atoms with Gasteiger partial charge in [0.25, 0.3) is 0 Å². The molecule has 1 fully saturated rings. The van der Waals surface area contributed by atoms with E-state index in [0.717, 1.165) is 17.1 Å². The standard InChI is InChI=1S/C8H14S/c1-4-9-8-5-6(2)7(8)3/h4,6-8H,1,5H2,2-3H3. The zero-order valence-corrected chi connectivity index (χ0v) is 6.95. The molecule has 0 aromatic rings. The van der Waals surface area contributed by atoms with Crippen molar-refractivity contribution in [1.29, 1.82) is 0 Å². The number of hydrogen-bond acceptors (Lipinski definition) is 1. The highest BCUT2D eigenvalue weighted by molar-refractivity contribution is 8.02. The van der Waals surface area contributed by atoms with Crippen molar-refractivity contribution in [1.82, 2.24) is 0 Å². The van der Waals surface area contributed by atoms with Crippen molar-refractivity contribution in [2.24, 2.45) is 11.8 Å². The van der Waals surface area contributed by atoms with Gasteiger partial charge in [-0.25, -0.2) is 0 Å². The molecule has 0 nitrogen and oxygen atoms in total. The maximum atomic E-state index is 3.70. The Morgan fingerprint density at radius 3 is 2.56 bits per heavy atom. The lowest BCUT2D eigenvalue weighted by Gasteiger charge is -2.39. The third-order valence-electron chi connectivity index (χ3n) is 2.36. The Balaban J connectivity index is 2.24. The fourth-order valence-electron chi connectivity index (χ4n) is 1.27. The van der Waals surface area contributed by atoms with Crippen LogP contribution in [0, 0.1) is 11.8 Å². The summed E-state index contributed by atoms with van der Waals surface area (Å²) in [5.41, 5.74) is 0. The molecular weight excluding hydrogens is 128 g/mol. The Kier molecular flexibility index (Phi) is 2.23. The molecule has 9 heavy (non-hydrogen) atoms. The van der Waals surface area contributed by atoms with Gasteiger partial charge in [0.2, 0.25) is 0 Å². The summed E-state index contributed by atoms with van der Waals surface area (Å²) in [5, 5.41) is 2.84. The van der Waals surface area contributed by atoms with Gasteiger partial charge < -0.3 is 0 Å². The summed E-state index contributed by atoms with van der Waals surface area (Å²) in [7, 11) is 0. The summed E-state index contributed by atoms with van der Waals surface area (Å²) in [4.78, 5) is 0. The minimum Gasteiger partial charge on any atom is -0.131 e. The van der Waals surface area contributed by atoms with Crippen LogP contribution in [0.25, 0.3) is 0 Å². The molecule has 1 heteroatoms. The Labute approximate surface area is 61.7 Å². The van der Waals surface area contributed by atoms with Crippen molar-refractivity contribution in [3.05, 3.63) is 12.0 Å². The van der Waals surface area contributed by atoms with Crippen molar-refractivity contribution in [2.75, 3.05) is 0 Å². The normalized spacial score (nSPS) is 41.8. The maximum absolute atomic E-state index is 3.70. The van der Waals surface area contributed by atoms with E-state index in [1.54, 1.807) is 0 Å². The summed E-state index contributed by atoms with van der Waals surface area (Å²) >= 11 is 1.89. The first kappa shape index (κ1) is 7.20. The molecule has 3 atom stereocenters. The molecule has 1 aliphatic carbocycles. The topological polar surface area (TPSA) is 0 Å². The first-order valence-electron chi connectivity index (χ1n) is 3.52. The van der Waals surface area contributed by atoms with E-state index in [1.165, 1.54) is 6.42 Å². The van der Waals surface area contributed by atoms with E-state index in [9.17, 15) is 0 Å². The van der Waals surface area contributed by atoms with Crippen molar-refractivity contribution < 1.29 is 0 Å². The van der Waals surface area contributed by atoms with Crippen LogP contribution < -0.4 is 0 Å². The molecule has 0 saturated heterocycles. The minimum absolute atomic E-state index is 0.873. The molecule has 0 radical (unpaired) electrons. The molecule has 0 heterocycles. The molecule has 0 spiro atoms. The van der Waals surface area contributed by atoms with Crippen LogP contribution in [-0.2, 0) is 0 Å². The molecule has 0 N–H and O–H groups in total. The summed E-state index contributed by atoms with van der Waals surface area (Å²) in [6.07, 6.45) is 1.39. The first-order chi connectivity index (χ1) is 4.25. The van der Waals surface area contributed by atoms with E-state index in [4.69, 9.17) is 0 Å². The Bertz CT molecular complexity index is 109. The van der Waals surface area contributed by atoms with Crippen molar-refractivity contribution >= 4 is 11.8 Å². The highest BCUT2D eigenvalue weighted by atomic mass is 32.2. The van der Waals surface area contributed by atoms with Gasteiger partial charge in [0.05, 0.1) is 0 Å². The van der Waals surface area contributed by atoms with Gasteiger partial charge in [-0.15, -0.1) is 11.8 Å². The lowest BCUT2D eigenvalue weighted by atomic mass is 9.76.